The maximum absolute atomic E-state index is 6.02. The molecule has 0 fully saturated rings. The Hall–Kier alpha value is -1.88. The number of nitrogens with zero attached hydrogens (tertiary/aromatic N) is 2. The van der Waals surface area contributed by atoms with Crippen LogP contribution in [0.4, 0.5) is 0 Å². The molecular formula is C14H17N3O2. The number of hydrogen-bond acceptors (Lipinski definition) is 5. The van der Waals surface area contributed by atoms with Gasteiger partial charge in [-0.15, -0.1) is 0 Å². The molecule has 100 valence electrons. The summed E-state index contributed by atoms with van der Waals surface area (Å²) in [5, 5.41) is 4.05. The molecule has 0 amide bonds. The van der Waals surface area contributed by atoms with Gasteiger partial charge in [-0.1, -0.05) is 37.2 Å². The highest BCUT2D eigenvalue weighted by Crippen LogP contribution is 2.36. The first-order valence-corrected chi connectivity index (χ1v) is 6.47. The van der Waals surface area contributed by atoms with E-state index < -0.39 is 0 Å². The summed E-state index contributed by atoms with van der Waals surface area (Å²) in [7, 11) is 0. The summed E-state index contributed by atoms with van der Waals surface area (Å²) in [5.74, 6) is 2.34. The van der Waals surface area contributed by atoms with E-state index in [0.29, 0.717) is 18.3 Å². The summed E-state index contributed by atoms with van der Waals surface area (Å²) in [6, 6.07) is 7.71. The van der Waals surface area contributed by atoms with E-state index in [2.05, 4.69) is 10.1 Å². The molecule has 5 nitrogen and oxygen atoms in total. The van der Waals surface area contributed by atoms with Crippen LogP contribution in [0, 0.1) is 5.92 Å². The van der Waals surface area contributed by atoms with Crippen molar-refractivity contribution < 1.29 is 9.26 Å². The van der Waals surface area contributed by atoms with Gasteiger partial charge in [-0.3, -0.25) is 0 Å². The molecule has 0 aliphatic carbocycles. The zero-order valence-electron chi connectivity index (χ0n) is 11.0. The van der Waals surface area contributed by atoms with Gasteiger partial charge in [0.2, 0.25) is 5.89 Å². The molecule has 2 heterocycles. The standard InChI is InChI=1S/C14H17N3O2/c1-8(2)12(15)14-16-13(17-19-14)10-7-18-11-6-4-3-5-9(10)11/h3-6,8,10,12H,7,15H2,1-2H3/t10?,12-/m1/s1. The molecule has 0 spiro atoms. The average molecular weight is 259 g/mol. The van der Waals surface area contributed by atoms with Gasteiger partial charge in [0.05, 0.1) is 12.0 Å². The van der Waals surface area contributed by atoms with Crippen LogP contribution in [0.15, 0.2) is 28.8 Å². The molecule has 0 saturated heterocycles. The molecule has 0 radical (unpaired) electrons. The van der Waals surface area contributed by atoms with Gasteiger partial charge in [-0.2, -0.15) is 4.98 Å². The Morgan fingerprint density at radius 3 is 2.89 bits per heavy atom. The van der Waals surface area contributed by atoms with E-state index in [1.807, 2.05) is 38.1 Å². The number of nitrogens with two attached hydrogens (primary N) is 1. The number of fused-ring (bicyclic) bond motifs is 1. The number of para-hydroxylation sites is 1. The second-order valence-electron chi connectivity index (χ2n) is 5.16. The molecular weight excluding hydrogens is 242 g/mol. The Labute approximate surface area is 111 Å². The molecule has 1 unspecified atom stereocenters. The smallest absolute Gasteiger partial charge is 0.243 e. The summed E-state index contributed by atoms with van der Waals surface area (Å²) in [5.41, 5.74) is 7.12. The fourth-order valence-electron chi connectivity index (χ4n) is 2.19. The lowest BCUT2D eigenvalue weighted by atomic mass is 10.0. The average Bonchev–Trinajstić information content (AvgIpc) is 3.03. The highest BCUT2D eigenvalue weighted by molar-refractivity contribution is 5.42. The molecule has 2 N–H and O–H groups in total. The van der Waals surface area contributed by atoms with Crippen molar-refractivity contribution in [1.82, 2.24) is 10.1 Å². The van der Waals surface area contributed by atoms with Gasteiger partial charge in [-0.25, -0.2) is 0 Å². The first kappa shape index (κ1) is 12.2. The number of aromatic nitrogens is 2. The van der Waals surface area contributed by atoms with E-state index >= 15 is 0 Å². The highest BCUT2D eigenvalue weighted by atomic mass is 16.5. The molecule has 2 aromatic rings. The molecule has 3 rings (SSSR count). The van der Waals surface area contributed by atoms with Gasteiger partial charge in [0, 0.05) is 5.56 Å². The summed E-state index contributed by atoms with van der Waals surface area (Å²) in [6.45, 7) is 4.61. The van der Waals surface area contributed by atoms with Gasteiger partial charge < -0.3 is 15.0 Å². The fraction of sp³-hybridized carbons (Fsp3) is 0.429. The van der Waals surface area contributed by atoms with Crippen molar-refractivity contribution in [1.29, 1.82) is 0 Å². The zero-order chi connectivity index (χ0) is 13.4. The van der Waals surface area contributed by atoms with Crippen LogP contribution >= 0.6 is 0 Å². The third kappa shape index (κ3) is 2.10. The van der Waals surface area contributed by atoms with Gasteiger partial charge >= 0.3 is 0 Å². The van der Waals surface area contributed by atoms with Gasteiger partial charge in [0.15, 0.2) is 5.82 Å². The summed E-state index contributed by atoms with van der Waals surface area (Å²) in [6.07, 6.45) is 0. The topological polar surface area (TPSA) is 74.2 Å². The monoisotopic (exact) mass is 259 g/mol. The Bertz CT molecular complexity index is 580. The Morgan fingerprint density at radius 1 is 1.32 bits per heavy atom. The lowest BCUT2D eigenvalue weighted by Gasteiger charge is -2.09. The van der Waals surface area contributed by atoms with E-state index in [9.17, 15) is 0 Å². The Morgan fingerprint density at radius 2 is 2.11 bits per heavy atom. The van der Waals surface area contributed by atoms with Crippen LogP contribution in [0.2, 0.25) is 0 Å². The second-order valence-corrected chi connectivity index (χ2v) is 5.16. The zero-order valence-corrected chi connectivity index (χ0v) is 11.0. The van der Waals surface area contributed by atoms with E-state index in [4.69, 9.17) is 15.0 Å². The second kappa shape index (κ2) is 4.66. The van der Waals surface area contributed by atoms with Crippen molar-refractivity contribution in [3.05, 3.63) is 41.5 Å². The summed E-state index contributed by atoms with van der Waals surface area (Å²) >= 11 is 0. The van der Waals surface area contributed by atoms with E-state index in [1.165, 1.54) is 0 Å². The van der Waals surface area contributed by atoms with Crippen molar-refractivity contribution in [3.63, 3.8) is 0 Å². The van der Waals surface area contributed by atoms with Crippen molar-refractivity contribution in [2.45, 2.75) is 25.8 Å². The van der Waals surface area contributed by atoms with E-state index in [1.54, 1.807) is 0 Å². The minimum Gasteiger partial charge on any atom is -0.492 e. The van der Waals surface area contributed by atoms with Crippen molar-refractivity contribution in [3.8, 4) is 5.75 Å². The minimum absolute atomic E-state index is 0.0352. The number of ether oxygens (including phenoxy) is 1. The molecule has 5 heteroatoms. The van der Waals surface area contributed by atoms with Crippen LogP contribution < -0.4 is 10.5 Å². The van der Waals surface area contributed by atoms with Crippen molar-refractivity contribution in [2.75, 3.05) is 6.61 Å². The maximum atomic E-state index is 6.02. The van der Waals surface area contributed by atoms with Crippen LogP contribution in [0.5, 0.6) is 5.75 Å². The first-order chi connectivity index (χ1) is 9.16. The maximum Gasteiger partial charge on any atom is 0.243 e. The number of rotatable bonds is 3. The predicted octanol–water partition coefficient (Wildman–Crippen LogP) is 2.25. The van der Waals surface area contributed by atoms with E-state index in [0.717, 1.165) is 11.3 Å². The lowest BCUT2D eigenvalue weighted by Crippen LogP contribution is -2.17. The molecule has 1 aliphatic rings. The van der Waals surface area contributed by atoms with Crippen molar-refractivity contribution in [2.24, 2.45) is 11.7 Å². The largest absolute Gasteiger partial charge is 0.492 e. The number of hydrogen-bond donors (Lipinski definition) is 1. The SMILES string of the molecule is CC(C)[C@@H](N)c1nc(C2COc3ccccc32)no1. The summed E-state index contributed by atoms with van der Waals surface area (Å²) in [4.78, 5) is 4.43. The third-order valence-electron chi connectivity index (χ3n) is 3.47. The molecule has 1 aliphatic heterocycles. The fourth-order valence-corrected chi connectivity index (χ4v) is 2.19. The van der Waals surface area contributed by atoms with Crippen LogP contribution in [0.1, 0.15) is 43.1 Å². The Kier molecular flexibility index (Phi) is 2.98. The normalized spacial score (nSPS) is 19.3. The van der Waals surface area contributed by atoms with Gasteiger partial charge in [0.1, 0.15) is 12.4 Å². The highest BCUT2D eigenvalue weighted by Gasteiger charge is 2.30. The van der Waals surface area contributed by atoms with Crippen LogP contribution in [-0.4, -0.2) is 16.7 Å². The van der Waals surface area contributed by atoms with Gasteiger partial charge in [-0.05, 0) is 12.0 Å². The van der Waals surface area contributed by atoms with Crippen molar-refractivity contribution >= 4 is 0 Å². The molecule has 1 aromatic carbocycles. The van der Waals surface area contributed by atoms with Crippen LogP contribution in [-0.2, 0) is 0 Å². The van der Waals surface area contributed by atoms with Crippen LogP contribution in [0.3, 0.4) is 0 Å². The minimum atomic E-state index is -0.223. The molecule has 1 aromatic heterocycles. The third-order valence-corrected chi connectivity index (χ3v) is 3.47. The molecule has 0 bridgehead atoms. The lowest BCUT2D eigenvalue weighted by molar-refractivity contribution is 0.315. The molecule has 19 heavy (non-hydrogen) atoms. The quantitative estimate of drug-likeness (QED) is 0.915. The Balaban J connectivity index is 1.89. The van der Waals surface area contributed by atoms with Gasteiger partial charge in [0.25, 0.3) is 0 Å². The first-order valence-electron chi connectivity index (χ1n) is 6.47. The number of benzene rings is 1. The summed E-state index contributed by atoms with van der Waals surface area (Å²) < 4.78 is 10.9. The van der Waals surface area contributed by atoms with E-state index in [-0.39, 0.29) is 17.9 Å². The van der Waals surface area contributed by atoms with Crippen LogP contribution in [0.25, 0.3) is 0 Å². The molecule has 2 atom stereocenters. The predicted molar refractivity (Wildman–Crippen MR) is 69.8 cm³/mol. The molecule has 0 saturated carbocycles.